The SMILES string of the molecule is CCOC(=O)Cc1ccc(N2C(=O)c3c(Cl)ccc(CCC4CCCCC4)c3C2=O)c(Cl)c1. The number of nitrogens with zero attached hydrogens (tertiary/aromatic N) is 1. The minimum atomic E-state index is -0.473. The topological polar surface area (TPSA) is 63.7 Å². The molecule has 0 bridgehead atoms. The predicted octanol–water partition coefficient (Wildman–Crippen LogP) is 6.41. The van der Waals surface area contributed by atoms with E-state index in [4.69, 9.17) is 27.9 Å². The first kappa shape index (κ1) is 23.8. The molecule has 2 aromatic carbocycles. The number of fused-ring (bicyclic) bond motifs is 1. The van der Waals surface area contributed by atoms with E-state index >= 15 is 0 Å². The average molecular weight is 488 g/mol. The molecule has 0 N–H and O–H groups in total. The number of carbonyl (C=O) groups excluding carboxylic acids is 3. The fraction of sp³-hybridized carbons (Fsp3) is 0.423. The molecule has 1 fully saturated rings. The molecule has 1 aliphatic heterocycles. The van der Waals surface area contributed by atoms with E-state index in [9.17, 15) is 14.4 Å². The van der Waals surface area contributed by atoms with Crippen LogP contribution in [0.25, 0.3) is 0 Å². The van der Waals surface area contributed by atoms with Crippen molar-refractivity contribution >= 4 is 46.7 Å². The van der Waals surface area contributed by atoms with Crippen LogP contribution in [-0.4, -0.2) is 24.4 Å². The lowest BCUT2D eigenvalue weighted by molar-refractivity contribution is -0.142. The van der Waals surface area contributed by atoms with Crippen molar-refractivity contribution in [3.63, 3.8) is 0 Å². The molecule has 0 spiro atoms. The number of imide groups is 1. The maximum absolute atomic E-state index is 13.4. The van der Waals surface area contributed by atoms with Gasteiger partial charge in [-0.3, -0.25) is 14.4 Å². The van der Waals surface area contributed by atoms with Gasteiger partial charge in [0, 0.05) is 0 Å². The van der Waals surface area contributed by atoms with Gasteiger partial charge in [-0.25, -0.2) is 4.90 Å². The number of benzene rings is 2. The standard InChI is InChI=1S/C26H27Cl2NO4/c1-2-33-22(30)15-17-9-13-21(20(28)14-17)29-25(31)23-18(10-8-16-6-4-3-5-7-16)11-12-19(27)24(23)26(29)32/h9,11-14,16H,2-8,10,15H2,1H3. The van der Waals surface area contributed by atoms with Crippen molar-refractivity contribution in [1.29, 1.82) is 0 Å². The molecule has 174 valence electrons. The molecular formula is C26H27Cl2NO4. The zero-order chi connectivity index (χ0) is 23.5. The van der Waals surface area contributed by atoms with Crippen LogP contribution in [0.1, 0.15) is 77.3 Å². The summed E-state index contributed by atoms with van der Waals surface area (Å²) < 4.78 is 4.97. The van der Waals surface area contributed by atoms with E-state index in [-0.39, 0.29) is 33.7 Å². The lowest BCUT2D eigenvalue weighted by Gasteiger charge is -2.21. The zero-order valence-corrected chi connectivity index (χ0v) is 20.2. The van der Waals surface area contributed by atoms with Gasteiger partial charge in [-0.05, 0) is 55.0 Å². The molecule has 1 heterocycles. The summed E-state index contributed by atoms with van der Waals surface area (Å²) in [5, 5.41) is 0.480. The highest BCUT2D eigenvalue weighted by Crippen LogP contribution is 2.39. The third-order valence-electron chi connectivity index (χ3n) is 6.53. The molecular weight excluding hydrogens is 461 g/mol. The highest BCUT2D eigenvalue weighted by Gasteiger charge is 2.41. The van der Waals surface area contributed by atoms with Crippen LogP contribution in [0.4, 0.5) is 5.69 Å². The summed E-state index contributed by atoms with van der Waals surface area (Å²) in [6, 6.07) is 8.42. The molecule has 2 aromatic rings. The third kappa shape index (κ3) is 4.95. The highest BCUT2D eigenvalue weighted by molar-refractivity contribution is 6.44. The molecule has 0 saturated heterocycles. The van der Waals surface area contributed by atoms with Gasteiger partial charge in [0.25, 0.3) is 11.8 Å². The Labute approximate surface area is 204 Å². The molecule has 0 atom stereocenters. The van der Waals surface area contributed by atoms with Crippen LogP contribution in [0.2, 0.25) is 10.0 Å². The van der Waals surface area contributed by atoms with Crippen molar-refractivity contribution in [3.05, 3.63) is 62.6 Å². The summed E-state index contributed by atoms with van der Waals surface area (Å²) in [5.74, 6) is -0.582. The van der Waals surface area contributed by atoms with E-state index in [0.29, 0.717) is 23.7 Å². The number of aryl methyl sites for hydroxylation is 1. The molecule has 1 aliphatic carbocycles. The molecule has 0 aromatic heterocycles. The maximum Gasteiger partial charge on any atom is 0.310 e. The molecule has 2 amide bonds. The van der Waals surface area contributed by atoms with Crippen LogP contribution in [0.5, 0.6) is 0 Å². The Balaban J connectivity index is 1.59. The Hall–Kier alpha value is -2.37. The minimum absolute atomic E-state index is 0.0626. The Morgan fingerprint density at radius 1 is 1.00 bits per heavy atom. The highest BCUT2D eigenvalue weighted by atomic mass is 35.5. The number of rotatable bonds is 7. The lowest BCUT2D eigenvalue weighted by atomic mass is 9.84. The van der Waals surface area contributed by atoms with E-state index in [1.165, 1.54) is 32.1 Å². The Morgan fingerprint density at radius 2 is 1.73 bits per heavy atom. The van der Waals surface area contributed by atoms with E-state index in [0.717, 1.165) is 23.3 Å². The number of esters is 1. The molecule has 7 heteroatoms. The largest absolute Gasteiger partial charge is 0.466 e. The number of hydrogen-bond donors (Lipinski definition) is 0. The van der Waals surface area contributed by atoms with E-state index in [1.54, 1.807) is 31.2 Å². The van der Waals surface area contributed by atoms with Gasteiger partial charge >= 0.3 is 5.97 Å². The zero-order valence-electron chi connectivity index (χ0n) is 18.7. The molecule has 1 saturated carbocycles. The second-order valence-corrected chi connectivity index (χ2v) is 9.53. The van der Waals surface area contributed by atoms with Gasteiger partial charge in [0.2, 0.25) is 0 Å². The van der Waals surface area contributed by atoms with Crippen LogP contribution in [0.3, 0.4) is 0 Å². The summed E-state index contributed by atoms with van der Waals surface area (Å²) in [7, 11) is 0. The fourth-order valence-electron chi connectivity index (χ4n) is 4.87. The summed E-state index contributed by atoms with van der Waals surface area (Å²) >= 11 is 12.8. The van der Waals surface area contributed by atoms with Crippen molar-refractivity contribution in [2.45, 2.75) is 58.3 Å². The number of halogens is 2. The van der Waals surface area contributed by atoms with Crippen molar-refractivity contribution < 1.29 is 19.1 Å². The van der Waals surface area contributed by atoms with Crippen LogP contribution in [-0.2, 0) is 22.4 Å². The Kier molecular flexibility index (Phi) is 7.40. The first-order valence-corrected chi connectivity index (χ1v) is 12.3. The third-order valence-corrected chi connectivity index (χ3v) is 7.15. The predicted molar refractivity (Wildman–Crippen MR) is 129 cm³/mol. The second kappa shape index (κ2) is 10.3. The van der Waals surface area contributed by atoms with Crippen molar-refractivity contribution in [2.24, 2.45) is 5.92 Å². The molecule has 0 unspecified atom stereocenters. The quantitative estimate of drug-likeness (QED) is 0.334. The fourth-order valence-corrected chi connectivity index (χ4v) is 5.40. The van der Waals surface area contributed by atoms with Gasteiger partial charge in [0.05, 0.1) is 39.9 Å². The molecule has 4 rings (SSSR count). The first-order valence-electron chi connectivity index (χ1n) is 11.5. The normalized spacial score (nSPS) is 16.3. The van der Waals surface area contributed by atoms with Gasteiger partial charge < -0.3 is 4.74 Å². The summed E-state index contributed by atoms with van der Waals surface area (Å²) in [6.45, 7) is 2.04. The van der Waals surface area contributed by atoms with E-state index in [1.807, 2.05) is 6.07 Å². The van der Waals surface area contributed by atoms with Gasteiger partial charge in [-0.1, -0.05) is 67.4 Å². The van der Waals surface area contributed by atoms with E-state index < -0.39 is 11.8 Å². The molecule has 0 radical (unpaired) electrons. The van der Waals surface area contributed by atoms with Crippen molar-refractivity contribution in [1.82, 2.24) is 0 Å². The summed E-state index contributed by atoms with van der Waals surface area (Å²) in [4.78, 5) is 39.6. The number of carbonyl (C=O) groups is 3. The van der Waals surface area contributed by atoms with Crippen LogP contribution in [0.15, 0.2) is 30.3 Å². The molecule has 33 heavy (non-hydrogen) atoms. The van der Waals surface area contributed by atoms with Gasteiger partial charge in [0.15, 0.2) is 0 Å². The first-order chi connectivity index (χ1) is 15.9. The Morgan fingerprint density at radius 3 is 2.42 bits per heavy atom. The second-order valence-electron chi connectivity index (χ2n) is 8.71. The number of hydrogen-bond acceptors (Lipinski definition) is 4. The lowest BCUT2D eigenvalue weighted by Crippen LogP contribution is -2.30. The number of amides is 2. The minimum Gasteiger partial charge on any atom is -0.466 e. The van der Waals surface area contributed by atoms with Crippen molar-refractivity contribution in [3.8, 4) is 0 Å². The smallest absolute Gasteiger partial charge is 0.310 e. The average Bonchev–Trinajstić information content (AvgIpc) is 3.06. The van der Waals surface area contributed by atoms with Crippen LogP contribution in [0, 0.1) is 5.92 Å². The number of ether oxygens (including phenoxy) is 1. The van der Waals surface area contributed by atoms with Gasteiger partial charge in [-0.2, -0.15) is 0 Å². The van der Waals surface area contributed by atoms with E-state index in [2.05, 4.69) is 0 Å². The maximum atomic E-state index is 13.4. The van der Waals surface area contributed by atoms with Crippen LogP contribution >= 0.6 is 23.2 Å². The molecule has 5 nitrogen and oxygen atoms in total. The van der Waals surface area contributed by atoms with Gasteiger partial charge in [0.1, 0.15) is 0 Å². The number of anilines is 1. The van der Waals surface area contributed by atoms with Gasteiger partial charge in [-0.15, -0.1) is 0 Å². The Bertz CT molecular complexity index is 1090. The monoisotopic (exact) mass is 487 g/mol. The molecule has 2 aliphatic rings. The van der Waals surface area contributed by atoms with Crippen molar-refractivity contribution in [2.75, 3.05) is 11.5 Å². The van der Waals surface area contributed by atoms with Crippen LogP contribution < -0.4 is 4.90 Å². The summed E-state index contributed by atoms with van der Waals surface area (Å²) in [6.07, 6.45) is 8.08. The summed E-state index contributed by atoms with van der Waals surface area (Å²) in [5.41, 5.74) is 2.41.